The average molecular weight is 271 g/mol. The van der Waals surface area contributed by atoms with Crippen molar-refractivity contribution in [3.8, 4) is 0 Å². The van der Waals surface area contributed by atoms with Crippen molar-refractivity contribution in [1.82, 2.24) is 16.0 Å². The quantitative estimate of drug-likeness (QED) is 0.451. The molecule has 4 heteroatoms. The van der Waals surface area contributed by atoms with Gasteiger partial charge in [-0.2, -0.15) is 0 Å². The second kappa shape index (κ2) is 15.3. The van der Waals surface area contributed by atoms with Gasteiger partial charge < -0.3 is 16.0 Å². The molecule has 0 aliphatic heterocycles. The van der Waals surface area contributed by atoms with Crippen LogP contribution in [0, 0.1) is 0 Å². The van der Waals surface area contributed by atoms with E-state index in [1.807, 2.05) is 0 Å². The van der Waals surface area contributed by atoms with Crippen LogP contribution in [-0.4, -0.2) is 32.2 Å². The zero-order chi connectivity index (χ0) is 14.2. The van der Waals surface area contributed by atoms with Crippen LogP contribution in [0.15, 0.2) is 0 Å². The number of carbonyl (C=O) groups excluding carboxylic acids is 1. The lowest BCUT2D eigenvalue weighted by atomic mass is 10.2. The van der Waals surface area contributed by atoms with Crippen molar-refractivity contribution in [1.29, 1.82) is 0 Å². The van der Waals surface area contributed by atoms with Crippen molar-refractivity contribution in [2.24, 2.45) is 0 Å². The standard InChI is InChI=1S/C15H33N3O/c1-3-5-11-16-12-9-7-8-10-14-18-15(19)17-13-6-4-2/h16H,3-14H2,1-2H3,(H2,17,18,19). The van der Waals surface area contributed by atoms with E-state index in [-0.39, 0.29) is 6.03 Å². The molecule has 2 amide bonds. The molecule has 0 aromatic carbocycles. The maximum Gasteiger partial charge on any atom is 0.314 e. The Balaban J connectivity index is 3.07. The summed E-state index contributed by atoms with van der Waals surface area (Å²) < 4.78 is 0. The van der Waals surface area contributed by atoms with Crippen molar-refractivity contribution in [2.45, 2.75) is 65.2 Å². The van der Waals surface area contributed by atoms with E-state index in [1.165, 1.54) is 32.1 Å². The van der Waals surface area contributed by atoms with Crippen LogP contribution in [0.25, 0.3) is 0 Å². The Morgan fingerprint density at radius 1 is 0.684 bits per heavy atom. The van der Waals surface area contributed by atoms with E-state index < -0.39 is 0 Å². The highest BCUT2D eigenvalue weighted by Crippen LogP contribution is 1.97. The highest BCUT2D eigenvalue weighted by Gasteiger charge is 1.97. The summed E-state index contributed by atoms with van der Waals surface area (Å²) in [5.74, 6) is 0. The van der Waals surface area contributed by atoms with Crippen molar-refractivity contribution in [3.63, 3.8) is 0 Å². The Morgan fingerprint density at radius 3 is 1.79 bits per heavy atom. The van der Waals surface area contributed by atoms with Crippen molar-refractivity contribution in [2.75, 3.05) is 26.2 Å². The number of rotatable bonds is 13. The summed E-state index contributed by atoms with van der Waals surface area (Å²) in [6.07, 6.45) is 9.48. The lowest BCUT2D eigenvalue weighted by Crippen LogP contribution is -2.36. The van der Waals surface area contributed by atoms with Crippen molar-refractivity contribution >= 4 is 6.03 Å². The molecule has 0 unspecified atom stereocenters. The first-order valence-electron chi connectivity index (χ1n) is 8.03. The van der Waals surface area contributed by atoms with Gasteiger partial charge in [-0.25, -0.2) is 4.79 Å². The number of urea groups is 1. The normalized spacial score (nSPS) is 10.4. The molecule has 0 atom stereocenters. The van der Waals surface area contributed by atoms with E-state index in [2.05, 4.69) is 29.8 Å². The molecule has 0 saturated carbocycles. The highest BCUT2D eigenvalue weighted by molar-refractivity contribution is 5.73. The summed E-state index contributed by atoms with van der Waals surface area (Å²) in [6, 6.07) is -0.0188. The molecular weight excluding hydrogens is 238 g/mol. The molecule has 0 saturated heterocycles. The molecule has 0 aromatic rings. The Morgan fingerprint density at radius 2 is 1.16 bits per heavy atom. The highest BCUT2D eigenvalue weighted by atomic mass is 16.2. The van der Waals surface area contributed by atoms with Gasteiger partial charge in [-0.15, -0.1) is 0 Å². The maximum absolute atomic E-state index is 11.3. The van der Waals surface area contributed by atoms with Crippen LogP contribution in [-0.2, 0) is 0 Å². The van der Waals surface area contributed by atoms with E-state index in [1.54, 1.807) is 0 Å². The first kappa shape index (κ1) is 18.2. The largest absolute Gasteiger partial charge is 0.338 e. The van der Waals surface area contributed by atoms with Gasteiger partial charge in [0.25, 0.3) is 0 Å². The van der Waals surface area contributed by atoms with Gasteiger partial charge in [-0.3, -0.25) is 0 Å². The Bertz CT molecular complexity index is 198. The molecule has 0 aliphatic carbocycles. The monoisotopic (exact) mass is 271 g/mol. The van der Waals surface area contributed by atoms with Crippen LogP contribution in [0.3, 0.4) is 0 Å². The lowest BCUT2D eigenvalue weighted by Gasteiger charge is -2.07. The fourth-order valence-corrected chi connectivity index (χ4v) is 1.80. The van der Waals surface area contributed by atoms with E-state index in [9.17, 15) is 4.79 Å². The molecule has 0 radical (unpaired) electrons. The number of hydrogen-bond acceptors (Lipinski definition) is 2. The molecule has 0 aromatic heterocycles. The molecule has 0 fully saturated rings. The van der Waals surface area contributed by atoms with Gasteiger partial charge in [0.15, 0.2) is 0 Å². The van der Waals surface area contributed by atoms with Crippen molar-refractivity contribution < 1.29 is 4.79 Å². The van der Waals surface area contributed by atoms with Gasteiger partial charge in [0, 0.05) is 13.1 Å². The minimum atomic E-state index is -0.0188. The van der Waals surface area contributed by atoms with Crippen LogP contribution < -0.4 is 16.0 Å². The van der Waals surface area contributed by atoms with Crippen molar-refractivity contribution in [3.05, 3.63) is 0 Å². The van der Waals surface area contributed by atoms with Crippen LogP contribution in [0.1, 0.15) is 65.2 Å². The summed E-state index contributed by atoms with van der Waals surface area (Å²) in [7, 11) is 0. The summed E-state index contributed by atoms with van der Waals surface area (Å²) >= 11 is 0. The van der Waals surface area contributed by atoms with Crippen LogP contribution in [0.4, 0.5) is 4.79 Å². The van der Waals surface area contributed by atoms with E-state index in [0.717, 1.165) is 45.4 Å². The molecule has 0 aliphatic rings. The lowest BCUT2D eigenvalue weighted by molar-refractivity contribution is 0.240. The zero-order valence-corrected chi connectivity index (χ0v) is 12.9. The first-order valence-corrected chi connectivity index (χ1v) is 8.03. The Labute approximate surface area is 119 Å². The zero-order valence-electron chi connectivity index (χ0n) is 12.9. The average Bonchev–Trinajstić information content (AvgIpc) is 2.41. The minimum Gasteiger partial charge on any atom is -0.338 e. The van der Waals surface area contributed by atoms with Crippen LogP contribution in [0.2, 0.25) is 0 Å². The summed E-state index contributed by atoms with van der Waals surface area (Å²) in [5, 5.41) is 9.19. The number of nitrogens with one attached hydrogen (secondary N) is 3. The summed E-state index contributed by atoms with van der Waals surface area (Å²) in [4.78, 5) is 11.3. The van der Waals surface area contributed by atoms with E-state index in [4.69, 9.17) is 0 Å². The molecule has 3 N–H and O–H groups in total. The second-order valence-corrected chi connectivity index (χ2v) is 5.05. The summed E-state index contributed by atoms with van der Waals surface area (Å²) in [5.41, 5.74) is 0. The van der Waals surface area contributed by atoms with Gasteiger partial charge in [0.05, 0.1) is 0 Å². The molecule has 0 bridgehead atoms. The molecule has 0 spiro atoms. The first-order chi connectivity index (χ1) is 9.31. The number of amides is 2. The molecule has 114 valence electrons. The number of hydrogen-bond donors (Lipinski definition) is 3. The van der Waals surface area contributed by atoms with E-state index in [0.29, 0.717) is 0 Å². The predicted molar refractivity (Wildman–Crippen MR) is 82.6 cm³/mol. The smallest absolute Gasteiger partial charge is 0.314 e. The van der Waals surface area contributed by atoms with Gasteiger partial charge >= 0.3 is 6.03 Å². The SMILES string of the molecule is CCCCNCCCCCCNC(=O)NCCCC. The Hall–Kier alpha value is -0.770. The third-order valence-electron chi connectivity index (χ3n) is 3.09. The van der Waals surface area contributed by atoms with Gasteiger partial charge in [0.2, 0.25) is 0 Å². The molecule has 0 rings (SSSR count). The number of carbonyl (C=O) groups is 1. The second-order valence-electron chi connectivity index (χ2n) is 5.05. The Kier molecular flexibility index (Phi) is 14.7. The molecule has 19 heavy (non-hydrogen) atoms. The topological polar surface area (TPSA) is 53.2 Å². The third-order valence-corrected chi connectivity index (χ3v) is 3.09. The number of unbranched alkanes of at least 4 members (excludes halogenated alkanes) is 5. The molecular formula is C15H33N3O. The maximum atomic E-state index is 11.3. The predicted octanol–water partition coefficient (Wildman–Crippen LogP) is 3.04. The van der Waals surface area contributed by atoms with Gasteiger partial charge in [-0.1, -0.05) is 39.5 Å². The third kappa shape index (κ3) is 15.2. The van der Waals surface area contributed by atoms with Gasteiger partial charge in [0.1, 0.15) is 0 Å². The fraction of sp³-hybridized carbons (Fsp3) is 0.933. The fourth-order valence-electron chi connectivity index (χ4n) is 1.80. The summed E-state index contributed by atoms with van der Waals surface area (Å²) in [6.45, 7) is 8.19. The minimum absolute atomic E-state index is 0.0188. The van der Waals surface area contributed by atoms with Crippen LogP contribution >= 0.6 is 0 Å². The van der Waals surface area contributed by atoms with Crippen LogP contribution in [0.5, 0.6) is 0 Å². The van der Waals surface area contributed by atoms with E-state index >= 15 is 0 Å². The van der Waals surface area contributed by atoms with Gasteiger partial charge in [-0.05, 0) is 38.8 Å². The molecule has 0 heterocycles. The molecule has 4 nitrogen and oxygen atoms in total.